The number of rotatable bonds is 4. The Bertz CT molecular complexity index is 538. The third-order valence-corrected chi connectivity index (χ3v) is 4.28. The molecule has 1 nitrogen and oxygen atoms in total. The highest BCUT2D eigenvalue weighted by Gasteiger charge is 2.13. The standard InChI is InChI=1S/C14H15ClFNS/c1-9-3-6-14(18-9)13(17-2)8-10-4-5-12(16)11(15)7-10/h3-7,13,17H,8H2,1-2H3. The van der Waals surface area contributed by atoms with E-state index in [2.05, 4.69) is 24.4 Å². The molecule has 0 saturated carbocycles. The zero-order valence-electron chi connectivity index (χ0n) is 10.3. The van der Waals surface area contributed by atoms with Crippen LogP contribution in [0.2, 0.25) is 5.02 Å². The molecule has 0 bridgehead atoms. The van der Waals surface area contributed by atoms with Gasteiger partial charge in [0.05, 0.1) is 5.02 Å². The minimum atomic E-state index is -0.367. The third kappa shape index (κ3) is 3.10. The lowest BCUT2D eigenvalue weighted by atomic mass is 10.0. The van der Waals surface area contributed by atoms with Gasteiger partial charge in [-0.25, -0.2) is 4.39 Å². The second-order valence-electron chi connectivity index (χ2n) is 4.24. The highest BCUT2D eigenvalue weighted by atomic mass is 35.5. The molecule has 2 aromatic rings. The molecule has 2 rings (SSSR count). The zero-order chi connectivity index (χ0) is 13.1. The molecular weight excluding hydrogens is 269 g/mol. The van der Waals surface area contributed by atoms with E-state index in [0.717, 1.165) is 12.0 Å². The molecule has 0 aliphatic carbocycles. The maximum atomic E-state index is 13.1. The predicted octanol–water partition coefficient (Wildman–Crippen LogP) is 4.35. The molecule has 0 radical (unpaired) electrons. The van der Waals surface area contributed by atoms with Gasteiger partial charge in [-0.2, -0.15) is 0 Å². The van der Waals surface area contributed by atoms with Crippen LogP contribution in [0.4, 0.5) is 4.39 Å². The van der Waals surface area contributed by atoms with Gasteiger partial charge in [-0.3, -0.25) is 0 Å². The normalized spacial score (nSPS) is 12.7. The molecule has 1 unspecified atom stereocenters. The van der Waals surface area contributed by atoms with Gasteiger partial charge < -0.3 is 5.32 Å². The molecule has 96 valence electrons. The Morgan fingerprint density at radius 2 is 2.11 bits per heavy atom. The lowest BCUT2D eigenvalue weighted by molar-refractivity contribution is 0.598. The third-order valence-electron chi connectivity index (χ3n) is 2.88. The van der Waals surface area contributed by atoms with Gasteiger partial charge in [-0.1, -0.05) is 17.7 Å². The van der Waals surface area contributed by atoms with Crippen LogP contribution in [-0.4, -0.2) is 7.05 Å². The van der Waals surface area contributed by atoms with Gasteiger partial charge in [-0.05, 0) is 50.2 Å². The molecule has 4 heteroatoms. The molecule has 0 fully saturated rings. The Balaban J connectivity index is 2.17. The molecule has 18 heavy (non-hydrogen) atoms. The Morgan fingerprint density at radius 1 is 1.33 bits per heavy atom. The molecule has 1 N–H and O–H groups in total. The molecule has 0 amide bonds. The molecule has 0 aliphatic heterocycles. The van der Waals surface area contributed by atoms with E-state index >= 15 is 0 Å². The molecule has 1 aromatic heterocycles. The Morgan fingerprint density at radius 3 is 2.67 bits per heavy atom. The first-order valence-corrected chi connectivity index (χ1v) is 6.97. The zero-order valence-corrected chi connectivity index (χ0v) is 11.9. The van der Waals surface area contributed by atoms with Crippen LogP contribution in [0.3, 0.4) is 0 Å². The number of hydrogen-bond acceptors (Lipinski definition) is 2. The molecule has 1 atom stereocenters. The van der Waals surface area contributed by atoms with Crippen molar-refractivity contribution in [1.82, 2.24) is 5.32 Å². The number of nitrogens with one attached hydrogen (secondary N) is 1. The van der Waals surface area contributed by atoms with Crippen LogP contribution in [0.15, 0.2) is 30.3 Å². The first kappa shape index (κ1) is 13.5. The van der Waals surface area contributed by atoms with Crippen LogP contribution in [-0.2, 0) is 6.42 Å². The summed E-state index contributed by atoms with van der Waals surface area (Å²) < 4.78 is 13.1. The van der Waals surface area contributed by atoms with E-state index in [1.165, 1.54) is 15.8 Å². The van der Waals surface area contributed by atoms with Crippen molar-refractivity contribution in [2.75, 3.05) is 7.05 Å². The number of aryl methyl sites for hydroxylation is 1. The van der Waals surface area contributed by atoms with E-state index in [1.807, 2.05) is 7.05 Å². The summed E-state index contributed by atoms with van der Waals surface area (Å²) in [5.74, 6) is -0.367. The number of thiophene rings is 1. The molecule has 1 aromatic carbocycles. The fourth-order valence-electron chi connectivity index (χ4n) is 1.89. The van der Waals surface area contributed by atoms with Crippen LogP contribution >= 0.6 is 22.9 Å². The van der Waals surface area contributed by atoms with E-state index in [1.54, 1.807) is 23.5 Å². The lowest BCUT2D eigenvalue weighted by Gasteiger charge is -2.14. The second kappa shape index (κ2) is 5.83. The van der Waals surface area contributed by atoms with Gasteiger partial charge in [0, 0.05) is 15.8 Å². The smallest absolute Gasteiger partial charge is 0.141 e. The van der Waals surface area contributed by atoms with Gasteiger partial charge in [-0.15, -0.1) is 11.3 Å². The Labute approximate surface area is 116 Å². The van der Waals surface area contributed by atoms with Crippen LogP contribution in [0.25, 0.3) is 0 Å². The van der Waals surface area contributed by atoms with E-state index in [9.17, 15) is 4.39 Å². The Hall–Kier alpha value is -0.900. The predicted molar refractivity (Wildman–Crippen MR) is 76.0 cm³/mol. The summed E-state index contributed by atoms with van der Waals surface area (Å²) in [5.41, 5.74) is 1.03. The monoisotopic (exact) mass is 283 g/mol. The minimum absolute atomic E-state index is 0.185. The van der Waals surface area contributed by atoms with Crippen molar-refractivity contribution in [2.45, 2.75) is 19.4 Å². The highest BCUT2D eigenvalue weighted by molar-refractivity contribution is 7.12. The number of likely N-dealkylation sites (N-methyl/N-ethyl adjacent to an activating group) is 1. The van der Waals surface area contributed by atoms with Crippen LogP contribution < -0.4 is 5.32 Å². The number of hydrogen-bond donors (Lipinski definition) is 1. The fourth-order valence-corrected chi connectivity index (χ4v) is 3.08. The van der Waals surface area contributed by atoms with E-state index < -0.39 is 0 Å². The van der Waals surface area contributed by atoms with Crippen molar-refractivity contribution in [2.24, 2.45) is 0 Å². The van der Waals surface area contributed by atoms with Crippen molar-refractivity contribution in [3.05, 3.63) is 56.5 Å². The second-order valence-corrected chi connectivity index (χ2v) is 5.97. The van der Waals surface area contributed by atoms with E-state index in [4.69, 9.17) is 11.6 Å². The van der Waals surface area contributed by atoms with E-state index in [0.29, 0.717) is 0 Å². The first-order valence-electron chi connectivity index (χ1n) is 5.77. The summed E-state index contributed by atoms with van der Waals surface area (Å²) in [6.07, 6.45) is 0.802. The molecular formula is C14H15ClFNS. The van der Waals surface area contributed by atoms with Gasteiger partial charge in [0.1, 0.15) is 5.82 Å². The van der Waals surface area contributed by atoms with Crippen molar-refractivity contribution in [3.8, 4) is 0 Å². The summed E-state index contributed by atoms with van der Waals surface area (Å²) >= 11 is 7.58. The Kier molecular flexibility index (Phi) is 4.38. The van der Waals surface area contributed by atoms with Crippen molar-refractivity contribution < 1.29 is 4.39 Å². The largest absolute Gasteiger partial charge is 0.312 e. The van der Waals surface area contributed by atoms with Crippen molar-refractivity contribution >= 4 is 22.9 Å². The first-order chi connectivity index (χ1) is 8.60. The van der Waals surface area contributed by atoms with Crippen LogP contribution in [0, 0.1) is 12.7 Å². The van der Waals surface area contributed by atoms with E-state index in [-0.39, 0.29) is 16.9 Å². The number of halogens is 2. The minimum Gasteiger partial charge on any atom is -0.312 e. The van der Waals surface area contributed by atoms with Crippen LogP contribution in [0.5, 0.6) is 0 Å². The summed E-state index contributed by atoms with van der Waals surface area (Å²) in [7, 11) is 1.94. The average molecular weight is 284 g/mol. The van der Waals surface area contributed by atoms with Crippen LogP contribution in [0.1, 0.15) is 21.4 Å². The average Bonchev–Trinajstić information content (AvgIpc) is 2.77. The van der Waals surface area contributed by atoms with Gasteiger partial charge in [0.15, 0.2) is 0 Å². The fraction of sp³-hybridized carbons (Fsp3) is 0.286. The lowest BCUT2D eigenvalue weighted by Crippen LogP contribution is -2.17. The summed E-state index contributed by atoms with van der Waals surface area (Å²) in [6.45, 7) is 2.09. The summed E-state index contributed by atoms with van der Waals surface area (Å²) in [4.78, 5) is 2.58. The quantitative estimate of drug-likeness (QED) is 0.879. The van der Waals surface area contributed by atoms with Crippen molar-refractivity contribution in [3.63, 3.8) is 0 Å². The SMILES string of the molecule is CNC(Cc1ccc(F)c(Cl)c1)c1ccc(C)s1. The summed E-state index contributed by atoms with van der Waals surface area (Å²) in [5, 5.41) is 3.47. The maximum absolute atomic E-state index is 13.1. The molecule has 0 saturated heterocycles. The van der Waals surface area contributed by atoms with Gasteiger partial charge in [0.2, 0.25) is 0 Å². The summed E-state index contributed by atoms with van der Waals surface area (Å²) in [6, 6.07) is 9.39. The molecule has 1 heterocycles. The topological polar surface area (TPSA) is 12.0 Å². The molecule has 0 spiro atoms. The number of benzene rings is 1. The maximum Gasteiger partial charge on any atom is 0.141 e. The molecule has 0 aliphatic rings. The van der Waals surface area contributed by atoms with Gasteiger partial charge >= 0.3 is 0 Å². The highest BCUT2D eigenvalue weighted by Crippen LogP contribution is 2.26. The van der Waals surface area contributed by atoms with Crippen molar-refractivity contribution in [1.29, 1.82) is 0 Å². The van der Waals surface area contributed by atoms with Gasteiger partial charge in [0.25, 0.3) is 0 Å².